The lowest BCUT2D eigenvalue weighted by atomic mass is 9.63. The van der Waals surface area contributed by atoms with Crippen molar-refractivity contribution >= 4 is 28.7 Å². The second-order valence-corrected chi connectivity index (χ2v) is 10.2. The van der Waals surface area contributed by atoms with Crippen molar-refractivity contribution in [2.24, 2.45) is 35.5 Å². The SMILES string of the molecule is O=C(Oc1cccc2cccnc12)[C@@H](Cc1ccccc1)N1C(=O)[C@H]2[C@@H]3C=C[C@H]([C@H]4C[C@H]34)[C@@H]2C1=O. The van der Waals surface area contributed by atoms with Gasteiger partial charge in [-0.2, -0.15) is 0 Å². The highest BCUT2D eigenvalue weighted by molar-refractivity contribution is 6.09. The van der Waals surface area contributed by atoms with Crippen LogP contribution in [0.1, 0.15) is 12.0 Å². The minimum Gasteiger partial charge on any atom is -0.423 e. The minimum absolute atomic E-state index is 0.104. The molecule has 1 aromatic heterocycles. The average molecular weight is 465 g/mol. The number of carbonyl (C=O) groups is 3. The first kappa shape index (κ1) is 20.6. The predicted octanol–water partition coefficient (Wildman–Crippen LogP) is 3.80. The second-order valence-electron chi connectivity index (χ2n) is 10.2. The molecule has 8 rings (SSSR count). The molecule has 0 radical (unpaired) electrons. The van der Waals surface area contributed by atoms with E-state index < -0.39 is 12.0 Å². The third kappa shape index (κ3) is 3.09. The van der Waals surface area contributed by atoms with Crippen LogP contribution in [0.5, 0.6) is 5.75 Å². The molecule has 6 nitrogen and oxygen atoms in total. The van der Waals surface area contributed by atoms with Gasteiger partial charge < -0.3 is 4.74 Å². The Morgan fingerprint density at radius 1 is 0.914 bits per heavy atom. The number of fused-ring (bicyclic) bond motifs is 1. The summed E-state index contributed by atoms with van der Waals surface area (Å²) in [5.74, 6) is -0.230. The number of para-hydroxylation sites is 1. The molecule has 174 valence electrons. The number of aromatic nitrogens is 1. The van der Waals surface area contributed by atoms with Gasteiger partial charge in [-0.25, -0.2) is 4.79 Å². The quantitative estimate of drug-likeness (QED) is 0.248. The molecule has 0 spiro atoms. The zero-order valence-corrected chi connectivity index (χ0v) is 19.0. The van der Waals surface area contributed by atoms with Crippen LogP contribution in [0.25, 0.3) is 10.9 Å². The summed E-state index contributed by atoms with van der Waals surface area (Å²) in [6, 6.07) is 17.6. The highest BCUT2D eigenvalue weighted by Crippen LogP contribution is 2.65. The number of esters is 1. The van der Waals surface area contributed by atoms with E-state index in [0.717, 1.165) is 17.4 Å². The fraction of sp³-hybridized carbons (Fsp3) is 0.310. The number of rotatable bonds is 5. The molecule has 2 bridgehead atoms. The van der Waals surface area contributed by atoms with E-state index in [0.29, 0.717) is 23.1 Å². The van der Waals surface area contributed by atoms with Crippen molar-refractivity contribution in [2.75, 3.05) is 0 Å². The van der Waals surface area contributed by atoms with Gasteiger partial charge in [-0.1, -0.05) is 60.7 Å². The summed E-state index contributed by atoms with van der Waals surface area (Å²) in [5, 5.41) is 0.846. The van der Waals surface area contributed by atoms with Gasteiger partial charge in [0.05, 0.1) is 11.8 Å². The monoisotopic (exact) mass is 464 g/mol. The van der Waals surface area contributed by atoms with Gasteiger partial charge in [0.2, 0.25) is 11.8 Å². The molecule has 2 aromatic carbocycles. The molecule has 5 aliphatic rings. The summed E-state index contributed by atoms with van der Waals surface area (Å²) in [6.45, 7) is 0. The average Bonchev–Trinajstić information content (AvgIpc) is 3.67. The fourth-order valence-electron chi connectivity index (χ4n) is 6.74. The Morgan fingerprint density at radius 2 is 1.60 bits per heavy atom. The Bertz CT molecular complexity index is 1360. The van der Waals surface area contributed by atoms with Crippen LogP contribution in [0.3, 0.4) is 0 Å². The van der Waals surface area contributed by atoms with Crippen LogP contribution in [0.2, 0.25) is 0 Å². The molecule has 6 heteroatoms. The molecular formula is C29H24N2O4. The van der Waals surface area contributed by atoms with Crippen LogP contribution in [0.4, 0.5) is 0 Å². The Hall–Kier alpha value is -3.80. The summed E-state index contributed by atoms with van der Waals surface area (Å²) < 4.78 is 5.86. The number of amides is 2. The summed E-state index contributed by atoms with van der Waals surface area (Å²) >= 11 is 0. The van der Waals surface area contributed by atoms with Crippen molar-refractivity contribution in [3.05, 3.63) is 84.6 Å². The number of ether oxygens (including phenoxy) is 1. The van der Waals surface area contributed by atoms with Crippen LogP contribution in [0.15, 0.2) is 79.0 Å². The Kier molecular flexibility index (Phi) is 4.47. The summed E-state index contributed by atoms with van der Waals surface area (Å²) in [6.07, 6.45) is 7.24. The molecule has 3 fully saturated rings. The van der Waals surface area contributed by atoms with Crippen LogP contribution in [0, 0.1) is 35.5 Å². The number of pyridine rings is 1. The number of hydrogen-bond donors (Lipinski definition) is 0. The fourth-order valence-corrected chi connectivity index (χ4v) is 6.74. The number of hydrogen-bond acceptors (Lipinski definition) is 5. The van der Waals surface area contributed by atoms with Crippen molar-refractivity contribution in [1.29, 1.82) is 0 Å². The number of imide groups is 1. The number of nitrogens with zero attached hydrogens (tertiary/aromatic N) is 2. The van der Waals surface area contributed by atoms with Gasteiger partial charge in [0.1, 0.15) is 11.6 Å². The van der Waals surface area contributed by atoms with Crippen LogP contribution < -0.4 is 4.74 Å². The third-order valence-electron chi connectivity index (χ3n) is 8.36. The third-order valence-corrected chi connectivity index (χ3v) is 8.36. The number of carbonyl (C=O) groups excluding carboxylic acids is 3. The standard InChI is InChI=1S/C29H24N2O4/c32-27-24-18-11-12-19(21-15-20(18)21)25(24)28(33)31(27)22(14-16-6-2-1-3-7-16)29(34)35-23-10-4-8-17-9-5-13-30-26(17)23/h1-13,18-22,24-25H,14-15H2/t18-,19-,20-,21-,22-,24+,25+/m1/s1. The largest absolute Gasteiger partial charge is 0.423 e. The Balaban J connectivity index is 1.25. The number of allylic oxidation sites excluding steroid dienone is 2. The molecule has 0 N–H and O–H groups in total. The van der Waals surface area contributed by atoms with Gasteiger partial charge in [0, 0.05) is 18.0 Å². The number of likely N-dealkylation sites (tertiary alicyclic amines) is 1. The zero-order valence-electron chi connectivity index (χ0n) is 19.0. The van der Waals surface area contributed by atoms with E-state index in [1.807, 2.05) is 48.5 Å². The smallest absolute Gasteiger partial charge is 0.335 e. The first-order chi connectivity index (χ1) is 17.1. The Labute approximate surface area is 202 Å². The molecule has 3 aromatic rings. The molecule has 2 heterocycles. The van der Waals surface area contributed by atoms with E-state index in [1.54, 1.807) is 18.3 Å². The molecule has 0 unspecified atom stereocenters. The highest BCUT2D eigenvalue weighted by Gasteiger charge is 2.68. The first-order valence-corrected chi connectivity index (χ1v) is 12.3. The molecular weight excluding hydrogens is 440 g/mol. The molecule has 1 aliphatic heterocycles. The van der Waals surface area contributed by atoms with E-state index in [9.17, 15) is 14.4 Å². The zero-order chi connectivity index (χ0) is 23.7. The predicted molar refractivity (Wildman–Crippen MR) is 128 cm³/mol. The van der Waals surface area contributed by atoms with E-state index in [-0.39, 0.29) is 41.9 Å². The van der Waals surface area contributed by atoms with Crippen molar-refractivity contribution < 1.29 is 19.1 Å². The highest BCUT2D eigenvalue weighted by atomic mass is 16.5. The van der Waals surface area contributed by atoms with Crippen LogP contribution >= 0.6 is 0 Å². The van der Waals surface area contributed by atoms with Crippen molar-refractivity contribution in [2.45, 2.75) is 18.9 Å². The molecule has 2 saturated carbocycles. The van der Waals surface area contributed by atoms with Crippen LogP contribution in [-0.4, -0.2) is 33.7 Å². The van der Waals surface area contributed by atoms with E-state index >= 15 is 0 Å². The van der Waals surface area contributed by atoms with Gasteiger partial charge >= 0.3 is 5.97 Å². The molecule has 1 saturated heterocycles. The molecule has 35 heavy (non-hydrogen) atoms. The van der Waals surface area contributed by atoms with Crippen molar-refractivity contribution in [3.63, 3.8) is 0 Å². The lowest BCUT2D eigenvalue weighted by Gasteiger charge is -2.37. The van der Waals surface area contributed by atoms with E-state index in [1.165, 1.54) is 4.90 Å². The minimum atomic E-state index is -1.03. The molecule has 2 amide bonds. The molecule has 4 aliphatic carbocycles. The maximum absolute atomic E-state index is 13.8. The summed E-state index contributed by atoms with van der Waals surface area (Å²) in [7, 11) is 0. The van der Waals surface area contributed by atoms with Gasteiger partial charge in [0.15, 0.2) is 5.75 Å². The van der Waals surface area contributed by atoms with Crippen molar-refractivity contribution in [3.8, 4) is 5.75 Å². The maximum atomic E-state index is 13.8. The van der Waals surface area contributed by atoms with Gasteiger partial charge in [0.25, 0.3) is 0 Å². The van der Waals surface area contributed by atoms with Crippen molar-refractivity contribution in [1.82, 2.24) is 9.88 Å². The van der Waals surface area contributed by atoms with Gasteiger partial charge in [-0.15, -0.1) is 0 Å². The van der Waals surface area contributed by atoms with Gasteiger partial charge in [-0.05, 0) is 47.8 Å². The lowest BCUT2D eigenvalue weighted by molar-refractivity contribution is -0.153. The van der Waals surface area contributed by atoms with E-state index in [4.69, 9.17) is 4.74 Å². The summed E-state index contributed by atoms with van der Waals surface area (Å²) in [5.41, 5.74) is 1.43. The topological polar surface area (TPSA) is 76.6 Å². The maximum Gasteiger partial charge on any atom is 0.335 e. The van der Waals surface area contributed by atoms with Gasteiger partial charge in [-0.3, -0.25) is 19.5 Å². The second kappa shape index (κ2) is 7.60. The summed E-state index contributed by atoms with van der Waals surface area (Å²) in [4.78, 5) is 46.8. The molecule has 7 atom stereocenters. The Morgan fingerprint density at radius 3 is 2.31 bits per heavy atom. The lowest BCUT2D eigenvalue weighted by Crippen LogP contribution is -2.48. The normalized spacial score (nSPS) is 30.8. The number of benzene rings is 2. The van der Waals surface area contributed by atoms with Crippen LogP contribution in [-0.2, 0) is 20.8 Å². The first-order valence-electron chi connectivity index (χ1n) is 12.3. The van der Waals surface area contributed by atoms with E-state index in [2.05, 4.69) is 17.1 Å².